The van der Waals surface area contributed by atoms with Crippen molar-refractivity contribution in [1.29, 1.82) is 0 Å². The fraction of sp³-hybridized carbons (Fsp3) is 0. The molecule has 0 spiro atoms. The largest absolute Gasteiger partial charge is 0.383 e. The summed E-state index contributed by atoms with van der Waals surface area (Å²) in [7, 11) is 0. The Bertz CT molecular complexity index is 651. The van der Waals surface area contributed by atoms with Crippen molar-refractivity contribution in [3.8, 4) is 0 Å². The lowest BCUT2D eigenvalue weighted by molar-refractivity contribution is -0.384. The third kappa shape index (κ3) is 3.08. The molecule has 98 valence electrons. The van der Waals surface area contributed by atoms with E-state index in [-0.39, 0.29) is 22.3 Å². The summed E-state index contributed by atoms with van der Waals surface area (Å²) in [6, 6.07) is 6.30. The number of nitrogens with two attached hydrogens (primary N) is 1. The fourth-order valence-corrected chi connectivity index (χ4v) is 1.61. The van der Waals surface area contributed by atoms with Crippen LogP contribution in [0.25, 0.3) is 0 Å². The van der Waals surface area contributed by atoms with Gasteiger partial charge in [0.15, 0.2) is 0 Å². The van der Waals surface area contributed by atoms with Crippen molar-refractivity contribution in [1.82, 2.24) is 4.98 Å². The molecular formula is C11H8ClFN4O2. The molecule has 0 atom stereocenters. The van der Waals surface area contributed by atoms with Gasteiger partial charge in [0.05, 0.1) is 22.1 Å². The van der Waals surface area contributed by atoms with Gasteiger partial charge in [-0.3, -0.25) is 10.1 Å². The second kappa shape index (κ2) is 5.07. The average molecular weight is 283 g/mol. The molecule has 1 heterocycles. The summed E-state index contributed by atoms with van der Waals surface area (Å²) in [5.41, 5.74) is 5.72. The third-order valence-corrected chi connectivity index (χ3v) is 2.52. The fourth-order valence-electron chi connectivity index (χ4n) is 1.43. The second-order valence-electron chi connectivity index (χ2n) is 3.65. The van der Waals surface area contributed by atoms with Crippen LogP contribution in [0, 0.1) is 15.9 Å². The van der Waals surface area contributed by atoms with Crippen molar-refractivity contribution < 1.29 is 9.31 Å². The number of nitrogen functional groups attached to an aromatic ring is 1. The third-order valence-electron chi connectivity index (χ3n) is 2.23. The molecule has 0 bridgehead atoms. The van der Waals surface area contributed by atoms with Crippen molar-refractivity contribution in [3.63, 3.8) is 0 Å². The summed E-state index contributed by atoms with van der Waals surface area (Å²) in [4.78, 5) is 14.0. The number of hydrogen-bond donors (Lipinski definition) is 2. The van der Waals surface area contributed by atoms with Gasteiger partial charge in [0.1, 0.15) is 17.5 Å². The minimum Gasteiger partial charge on any atom is -0.383 e. The molecule has 0 saturated carbocycles. The highest BCUT2D eigenvalue weighted by atomic mass is 35.5. The molecule has 0 radical (unpaired) electrons. The highest BCUT2D eigenvalue weighted by Crippen LogP contribution is 2.24. The number of nitrogens with zero attached hydrogens (tertiary/aromatic N) is 2. The van der Waals surface area contributed by atoms with Crippen LogP contribution in [0.1, 0.15) is 0 Å². The molecular weight excluding hydrogens is 275 g/mol. The van der Waals surface area contributed by atoms with Gasteiger partial charge in [-0.15, -0.1) is 0 Å². The average Bonchev–Trinajstić information content (AvgIpc) is 2.33. The van der Waals surface area contributed by atoms with Crippen molar-refractivity contribution in [2.24, 2.45) is 0 Å². The lowest BCUT2D eigenvalue weighted by atomic mass is 10.3. The Morgan fingerprint density at radius 1 is 1.37 bits per heavy atom. The monoisotopic (exact) mass is 282 g/mol. The number of aromatic nitrogens is 1. The number of pyridine rings is 1. The van der Waals surface area contributed by atoms with E-state index in [0.29, 0.717) is 5.69 Å². The number of halogens is 2. The van der Waals surface area contributed by atoms with Gasteiger partial charge >= 0.3 is 0 Å². The molecule has 0 aliphatic rings. The number of nitro groups is 1. The summed E-state index contributed by atoms with van der Waals surface area (Å²) < 4.78 is 13.0. The second-order valence-corrected chi connectivity index (χ2v) is 4.05. The number of hydrogen-bond acceptors (Lipinski definition) is 5. The highest BCUT2D eigenvalue weighted by Gasteiger charge is 2.10. The Kier molecular flexibility index (Phi) is 3.48. The van der Waals surface area contributed by atoms with Gasteiger partial charge in [-0.05, 0) is 18.2 Å². The molecule has 0 saturated heterocycles. The van der Waals surface area contributed by atoms with E-state index in [1.165, 1.54) is 24.3 Å². The molecule has 2 aromatic rings. The van der Waals surface area contributed by atoms with Crippen LogP contribution in [0.15, 0.2) is 30.3 Å². The van der Waals surface area contributed by atoms with Gasteiger partial charge in [-0.2, -0.15) is 0 Å². The maximum atomic E-state index is 13.0. The topological polar surface area (TPSA) is 94.1 Å². The molecule has 19 heavy (non-hydrogen) atoms. The molecule has 0 aliphatic carbocycles. The van der Waals surface area contributed by atoms with E-state index in [0.717, 1.165) is 6.07 Å². The normalized spacial score (nSPS) is 10.2. The summed E-state index contributed by atoms with van der Waals surface area (Å²) >= 11 is 5.62. The standard InChI is InChI=1S/C11H8ClFN4O2/c12-8-3-6(1-2-9(8)13)15-11-5-7(17(18)19)4-10(14)16-11/h1-5H,(H3,14,15,16). The minimum atomic E-state index is -0.582. The molecule has 1 aromatic carbocycles. The smallest absolute Gasteiger partial charge is 0.276 e. The Balaban J connectivity index is 2.32. The van der Waals surface area contributed by atoms with Crippen LogP contribution in [0.3, 0.4) is 0 Å². The lowest BCUT2D eigenvalue weighted by Crippen LogP contribution is -2.00. The first-order valence-corrected chi connectivity index (χ1v) is 5.47. The number of benzene rings is 1. The minimum absolute atomic E-state index is 0.00455. The Morgan fingerprint density at radius 2 is 2.11 bits per heavy atom. The van der Waals surface area contributed by atoms with Crippen LogP contribution in [0.5, 0.6) is 0 Å². The van der Waals surface area contributed by atoms with Gasteiger partial charge in [-0.25, -0.2) is 9.37 Å². The summed E-state index contributed by atoms with van der Waals surface area (Å²) in [5.74, 6) is -0.377. The van der Waals surface area contributed by atoms with E-state index < -0.39 is 10.7 Å². The van der Waals surface area contributed by atoms with Gasteiger partial charge in [0, 0.05) is 5.69 Å². The zero-order valence-electron chi connectivity index (χ0n) is 9.43. The zero-order valence-corrected chi connectivity index (χ0v) is 10.2. The van der Waals surface area contributed by atoms with Gasteiger partial charge in [0.2, 0.25) is 0 Å². The first-order valence-electron chi connectivity index (χ1n) is 5.10. The van der Waals surface area contributed by atoms with Crippen LogP contribution in [0.4, 0.5) is 27.4 Å². The molecule has 0 aliphatic heterocycles. The van der Waals surface area contributed by atoms with Crippen LogP contribution in [-0.2, 0) is 0 Å². The maximum Gasteiger partial charge on any atom is 0.276 e. The molecule has 0 fully saturated rings. The summed E-state index contributed by atoms with van der Waals surface area (Å²) in [6.45, 7) is 0. The van der Waals surface area contributed by atoms with Crippen LogP contribution < -0.4 is 11.1 Å². The molecule has 8 heteroatoms. The van der Waals surface area contributed by atoms with Crippen molar-refractivity contribution >= 4 is 34.6 Å². The zero-order chi connectivity index (χ0) is 14.0. The molecule has 1 aromatic heterocycles. The first-order chi connectivity index (χ1) is 8.95. The number of nitrogens with one attached hydrogen (secondary N) is 1. The van der Waals surface area contributed by atoms with Crippen molar-refractivity contribution in [3.05, 3.63) is 51.3 Å². The van der Waals surface area contributed by atoms with Crippen LogP contribution in [0.2, 0.25) is 5.02 Å². The first kappa shape index (κ1) is 13.0. The van der Waals surface area contributed by atoms with Crippen molar-refractivity contribution in [2.75, 3.05) is 11.1 Å². The maximum absolute atomic E-state index is 13.0. The number of anilines is 3. The van der Waals surface area contributed by atoms with Gasteiger partial charge in [-0.1, -0.05) is 11.6 Å². The Labute approximate surface area is 112 Å². The highest BCUT2D eigenvalue weighted by molar-refractivity contribution is 6.31. The summed E-state index contributed by atoms with van der Waals surface area (Å²) in [6.07, 6.45) is 0. The number of rotatable bonds is 3. The van der Waals surface area contributed by atoms with Gasteiger partial charge < -0.3 is 11.1 Å². The lowest BCUT2D eigenvalue weighted by Gasteiger charge is -2.07. The molecule has 0 unspecified atom stereocenters. The van der Waals surface area contributed by atoms with E-state index in [1.807, 2.05) is 0 Å². The molecule has 3 N–H and O–H groups in total. The summed E-state index contributed by atoms with van der Waals surface area (Å²) in [5, 5.41) is 13.4. The Hall–Kier alpha value is -2.41. The predicted octanol–water partition coefficient (Wildman–Crippen LogP) is 3.11. The Morgan fingerprint density at radius 3 is 2.74 bits per heavy atom. The SMILES string of the molecule is Nc1cc([N+](=O)[O-])cc(Nc2ccc(F)c(Cl)c2)n1. The van der Waals surface area contributed by atoms with E-state index in [1.54, 1.807) is 0 Å². The van der Waals surface area contributed by atoms with E-state index in [4.69, 9.17) is 17.3 Å². The molecule has 0 amide bonds. The van der Waals surface area contributed by atoms with Crippen LogP contribution >= 0.6 is 11.6 Å². The molecule has 6 nitrogen and oxygen atoms in total. The van der Waals surface area contributed by atoms with Crippen molar-refractivity contribution in [2.45, 2.75) is 0 Å². The van der Waals surface area contributed by atoms with E-state index in [9.17, 15) is 14.5 Å². The quantitative estimate of drug-likeness (QED) is 0.666. The van der Waals surface area contributed by atoms with E-state index >= 15 is 0 Å². The van der Waals surface area contributed by atoms with E-state index in [2.05, 4.69) is 10.3 Å². The molecule has 2 rings (SSSR count). The van der Waals surface area contributed by atoms with Crippen LogP contribution in [-0.4, -0.2) is 9.91 Å². The predicted molar refractivity (Wildman–Crippen MR) is 70.0 cm³/mol. The van der Waals surface area contributed by atoms with Gasteiger partial charge in [0.25, 0.3) is 5.69 Å².